The lowest BCUT2D eigenvalue weighted by molar-refractivity contribution is -0.125. The van der Waals surface area contributed by atoms with Crippen LogP contribution in [0.4, 0.5) is 11.4 Å². The van der Waals surface area contributed by atoms with Gasteiger partial charge in [-0.1, -0.05) is 50.2 Å². The summed E-state index contributed by atoms with van der Waals surface area (Å²) in [7, 11) is 0. The summed E-state index contributed by atoms with van der Waals surface area (Å²) in [6, 6.07) is 19.0. The molecule has 0 aliphatic rings. The van der Waals surface area contributed by atoms with Gasteiger partial charge in [0.15, 0.2) is 0 Å². The van der Waals surface area contributed by atoms with Crippen LogP contribution in [0.3, 0.4) is 0 Å². The van der Waals surface area contributed by atoms with Gasteiger partial charge in [-0.25, -0.2) is 0 Å². The van der Waals surface area contributed by atoms with E-state index in [0.29, 0.717) is 6.54 Å². The van der Waals surface area contributed by atoms with E-state index in [1.54, 1.807) is 4.90 Å². The Morgan fingerprint density at radius 2 is 1.33 bits per heavy atom. The van der Waals surface area contributed by atoms with Crippen LogP contribution in [-0.4, -0.2) is 42.9 Å². The number of amides is 2. The van der Waals surface area contributed by atoms with Crippen molar-refractivity contribution in [1.82, 2.24) is 10.2 Å². The van der Waals surface area contributed by atoms with Crippen molar-refractivity contribution in [3.05, 3.63) is 60.7 Å². The minimum Gasteiger partial charge on any atom is -0.355 e. The highest BCUT2D eigenvalue weighted by atomic mass is 16.2. The zero-order valence-electron chi connectivity index (χ0n) is 16.2. The highest BCUT2D eigenvalue weighted by Gasteiger charge is 2.18. The van der Waals surface area contributed by atoms with Crippen LogP contribution in [0.15, 0.2) is 60.7 Å². The molecule has 5 nitrogen and oxygen atoms in total. The average Bonchev–Trinajstić information content (AvgIpc) is 2.71. The Hall–Kier alpha value is -2.66. The first kappa shape index (κ1) is 20.6. The Morgan fingerprint density at radius 3 is 1.81 bits per heavy atom. The van der Waals surface area contributed by atoms with Crippen molar-refractivity contribution < 1.29 is 9.59 Å². The number of hydrogen-bond acceptors (Lipinski definition) is 3. The molecule has 0 aliphatic carbocycles. The van der Waals surface area contributed by atoms with Crippen molar-refractivity contribution in [3.8, 4) is 0 Å². The van der Waals surface area contributed by atoms with E-state index in [0.717, 1.165) is 31.0 Å². The summed E-state index contributed by atoms with van der Waals surface area (Å²) in [6.07, 6.45) is 0.355. The van der Waals surface area contributed by atoms with Crippen molar-refractivity contribution in [2.45, 2.75) is 26.7 Å². The van der Waals surface area contributed by atoms with Crippen molar-refractivity contribution in [1.29, 1.82) is 0 Å². The van der Waals surface area contributed by atoms with Crippen LogP contribution in [0.2, 0.25) is 0 Å². The molecular formula is C22H29N3O2. The molecule has 0 saturated carbocycles. The summed E-state index contributed by atoms with van der Waals surface area (Å²) in [5.41, 5.74) is 1.60. The number of rotatable bonds is 10. The fraction of sp³-hybridized carbons (Fsp3) is 0.364. The first-order valence-electron chi connectivity index (χ1n) is 9.57. The Morgan fingerprint density at radius 1 is 0.815 bits per heavy atom. The maximum Gasteiger partial charge on any atom is 0.232 e. The number of benzene rings is 2. The molecule has 27 heavy (non-hydrogen) atoms. The average molecular weight is 367 g/mol. The standard InChI is InChI=1S/C22H29N3O2/c1-3-24(4-2)18-17-23-21(26)15-16-22(27)25(19-11-7-5-8-12-19)20-13-9-6-10-14-20/h5-14H,3-4,15-18H2,1-2H3,(H,23,26). The molecule has 0 unspecified atom stereocenters. The summed E-state index contributed by atoms with van der Waals surface area (Å²) < 4.78 is 0. The summed E-state index contributed by atoms with van der Waals surface area (Å²) in [5.74, 6) is -0.178. The van der Waals surface area contributed by atoms with Crippen molar-refractivity contribution in [2.75, 3.05) is 31.1 Å². The van der Waals surface area contributed by atoms with E-state index in [1.165, 1.54) is 0 Å². The van der Waals surface area contributed by atoms with Gasteiger partial charge in [-0.05, 0) is 37.4 Å². The molecule has 0 fully saturated rings. The van der Waals surface area contributed by atoms with Crippen LogP contribution in [-0.2, 0) is 9.59 Å². The number of para-hydroxylation sites is 2. The smallest absolute Gasteiger partial charge is 0.232 e. The predicted octanol–water partition coefficient (Wildman–Crippen LogP) is 3.59. The molecule has 2 aromatic rings. The third-order valence-corrected chi connectivity index (χ3v) is 4.49. The Balaban J connectivity index is 1.94. The van der Waals surface area contributed by atoms with Gasteiger partial charge in [0.25, 0.3) is 0 Å². The molecule has 2 rings (SSSR count). The number of carbonyl (C=O) groups excluding carboxylic acids is 2. The third kappa shape index (κ3) is 6.53. The zero-order valence-corrected chi connectivity index (χ0v) is 16.2. The van der Waals surface area contributed by atoms with Crippen molar-refractivity contribution in [2.24, 2.45) is 0 Å². The molecule has 0 aliphatic heterocycles. The first-order chi connectivity index (χ1) is 13.2. The molecule has 0 aromatic heterocycles. The molecule has 0 spiro atoms. The normalized spacial score (nSPS) is 10.6. The molecule has 0 atom stereocenters. The van der Waals surface area contributed by atoms with Crippen LogP contribution >= 0.6 is 0 Å². The number of carbonyl (C=O) groups is 2. The van der Waals surface area contributed by atoms with E-state index in [1.807, 2.05) is 60.7 Å². The van der Waals surface area contributed by atoms with Gasteiger partial charge in [-0.2, -0.15) is 0 Å². The monoisotopic (exact) mass is 367 g/mol. The van der Waals surface area contributed by atoms with Crippen LogP contribution in [0, 0.1) is 0 Å². The minimum absolute atomic E-state index is 0.0865. The van der Waals surface area contributed by atoms with E-state index in [4.69, 9.17) is 0 Å². The molecule has 2 aromatic carbocycles. The van der Waals surface area contributed by atoms with Crippen molar-refractivity contribution in [3.63, 3.8) is 0 Å². The lowest BCUT2D eigenvalue weighted by atomic mass is 10.2. The quantitative estimate of drug-likeness (QED) is 0.698. The highest BCUT2D eigenvalue weighted by Crippen LogP contribution is 2.26. The van der Waals surface area contributed by atoms with Gasteiger partial charge < -0.3 is 10.2 Å². The molecule has 0 heterocycles. The topological polar surface area (TPSA) is 52.7 Å². The predicted molar refractivity (Wildman–Crippen MR) is 110 cm³/mol. The van der Waals surface area contributed by atoms with Crippen molar-refractivity contribution >= 4 is 23.2 Å². The van der Waals surface area contributed by atoms with E-state index in [-0.39, 0.29) is 24.7 Å². The van der Waals surface area contributed by atoms with Gasteiger partial charge in [-0.15, -0.1) is 0 Å². The van der Waals surface area contributed by atoms with E-state index >= 15 is 0 Å². The van der Waals surface area contributed by atoms with Gasteiger partial charge in [0.05, 0.1) is 0 Å². The maximum atomic E-state index is 12.9. The van der Waals surface area contributed by atoms with E-state index in [2.05, 4.69) is 24.1 Å². The SMILES string of the molecule is CCN(CC)CCNC(=O)CCC(=O)N(c1ccccc1)c1ccccc1. The molecular weight excluding hydrogens is 338 g/mol. The Labute approximate surface area is 162 Å². The minimum atomic E-state index is -0.0914. The van der Waals surface area contributed by atoms with E-state index in [9.17, 15) is 9.59 Å². The summed E-state index contributed by atoms with van der Waals surface area (Å²) >= 11 is 0. The number of hydrogen-bond donors (Lipinski definition) is 1. The van der Waals surface area contributed by atoms with Gasteiger partial charge in [-0.3, -0.25) is 14.5 Å². The number of nitrogens with zero attached hydrogens (tertiary/aromatic N) is 2. The summed E-state index contributed by atoms with van der Waals surface area (Å²) in [6.45, 7) is 7.57. The lowest BCUT2D eigenvalue weighted by Crippen LogP contribution is -2.35. The van der Waals surface area contributed by atoms with Gasteiger partial charge >= 0.3 is 0 Å². The largest absolute Gasteiger partial charge is 0.355 e. The fourth-order valence-electron chi connectivity index (χ4n) is 2.91. The molecule has 144 valence electrons. The third-order valence-electron chi connectivity index (χ3n) is 4.49. The van der Waals surface area contributed by atoms with E-state index < -0.39 is 0 Å². The molecule has 0 saturated heterocycles. The molecule has 5 heteroatoms. The zero-order chi connectivity index (χ0) is 19.5. The second-order valence-corrected chi connectivity index (χ2v) is 6.28. The van der Waals surface area contributed by atoms with Crippen LogP contribution in [0.1, 0.15) is 26.7 Å². The highest BCUT2D eigenvalue weighted by molar-refractivity contribution is 6.01. The van der Waals surface area contributed by atoms with Gasteiger partial charge in [0.2, 0.25) is 11.8 Å². The first-order valence-corrected chi connectivity index (χ1v) is 9.57. The molecule has 0 bridgehead atoms. The fourth-order valence-corrected chi connectivity index (χ4v) is 2.91. The summed E-state index contributed by atoms with van der Waals surface area (Å²) in [5, 5.41) is 2.90. The number of likely N-dealkylation sites (N-methyl/N-ethyl adjacent to an activating group) is 1. The molecule has 2 amide bonds. The Kier molecular flexibility index (Phi) is 8.52. The lowest BCUT2D eigenvalue weighted by Gasteiger charge is -2.23. The van der Waals surface area contributed by atoms with Gasteiger partial charge in [0.1, 0.15) is 0 Å². The maximum absolute atomic E-state index is 12.9. The van der Waals surface area contributed by atoms with Gasteiger partial charge in [0, 0.05) is 37.3 Å². The second-order valence-electron chi connectivity index (χ2n) is 6.28. The number of anilines is 2. The second kappa shape index (κ2) is 11.1. The Bertz CT molecular complexity index is 661. The van der Waals surface area contributed by atoms with Crippen LogP contribution in [0.25, 0.3) is 0 Å². The molecule has 0 radical (unpaired) electrons. The van der Waals surface area contributed by atoms with Crippen LogP contribution < -0.4 is 10.2 Å². The number of nitrogens with one attached hydrogen (secondary N) is 1. The molecule has 1 N–H and O–H groups in total. The summed E-state index contributed by atoms with van der Waals surface area (Å²) in [4.78, 5) is 28.9. The van der Waals surface area contributed by atoms with Crippen LogP contribution in [0.5, 0.6) is 0 Å².